The minimum atomic E-state index is -0.246. The van der Waals surface area contributed by atoms with Crippen LogP contribution in [0.5, 0.6) is 0 Å². The first-order valence-corrected chi connectivity index (χ1v) is 7.82. The lowest BCUT2D eigenvalue weighted by atomic mass is 10.0. The number of hydrogen-bond donors (Lipinski definition) is 1. The maximum Gasteiger partial charge on any atom is 0.250 e. The Hall–Kier alpha value is -2.40. The zero-order chi connectivity index (χ0) is 16.1. The molecule has 1 fully saturated rings. The van der Waals surface area contributed by atoms with Gasteiger partial charge in [0.05, 0.1) is 25.1 Å². The lowest BCUT2D eigenvalue weighted by Gasteiger charge is -2.22. The van der Waals surface area contributed by atoms with E-state index < -0.39 is 0 Å². The maximum atomic E-state index is 12.4. The standard InChI is InChI=1S/C18H20N2O3/c21-17-8-4-5-10-20(17)12-16(14-6-2-1-3-7-14)19-18(22)15-9-11-23-13-15/h1-8,10,15-16H,9,11-13H2,(H,19,22)/t15-,16-/m1/s1. The summed E-state index contributed by atoms with van der Waals surface area (Å²) in [5, 5.41) is 3.07. The van der Waals surface area contributed by atoms with Gasteiger partial charge >= 0.3 is 0 Å². The second-order valence-corrected chi connectivity index (χ2v) is 5.72. The number of nitrogens with zero attached hydrogens (tertiary/aromatic N) is 1. The Morgan fingerprint density at radius 3 is 2.70 bits per heavy atom. The minimum absolute atomic E-state index is 0.0136. The molecule has 0 saturated carbocycles. The molecule has 1 aromatic carbocycles. The molecule has 0 radical (unpaired) electrons. The molecule has 3 rings (SSSR count). The van der Waals surface area contributed by atoms with Crippen LogP contribution in [0.15, 0.2) is 59.5 Å². The van der Waals surface area contributed by atoms with E-state index in [1.165, 1.54) is 6.07 Å². The first-order chi connectivity index (χ1) is 11.2. The van der Waals surface area contributed by atoms with E-state index >= 15 is 0 Å². The van der Waals surface area contributed by atoms with Crippen molar-refractivity contribution in [2.75, 3.05) is 13.2 Å². The zero-order valence-corrected chi connectivity index (χ0v) is 12.9. The quantitative estimate of drug-likeness (QED) is 0.915. The van der Waals surface area contributed by atoms with E-state index in [-0.39, 0.29) is 23.4 Å². The van der Waals surface area contributed by atoms with Crippen LogP contribution >= 0.6 is 0 Å². The Kier molecular flexibility index (Phi) is 4.88. The number of amides is 1. The minimum Gasteiger partial charge on any atom is -0.381 e. The van der Waals surface area contributed by atoms with Crippen molar-refractivity contribution >= 4 is 5.91 Å². The molecule has 120 valence electrons. The number of ether oxygens (including phenoxy) is 1. The summed E-state index contributed by atoms with van der Waals surface area (Å²) in [5.74, 6) is -0.117. The summed E-state index contributed by atoms with van der Waals surface area (Å²) in [4.78, 5) is 24.4. The molecule has 1 saturated heterocycles. The van der Waals surface area contributed by atoms with Gasteiger partial charge in [0.15, 0.2) is 0 Å². The first-order valence-electron chi connectivity index (χ1n) is 7.82. The molecule has 1 aliphatic rings. The van der Waals surface area contributed by atoms with E-state index in [0.717, 1.165) is 12.0 Å². The molecule has 1 N–H and O–H groups in total. The van der Waals surface area contributed by atoms with E-state index in [4.69, 9.17) is 4.74 Å². The summed E-state index contributed by atoms with van der Waals surface area (Å²) in [7, 11) is 0. The molecule has 2 atom stereocenters. The molecule has 23 heavy (non-hydrogen) atoms. The van der Waals surface area contributed by atoms with Crippen LogP contribution in [0.1, 0.15) is 18.0 Å². The predicted octanol–water partition coefficient (Wildman–Crippen LogP) is 1.74. The van der Waals surface area contributed by atoms with Crippen LogP contribution in [0.4, 0.5) is 0 Å². The largest absolute Gasteiger partial charge is 0.381 e. The highest BCUT2D eigenvalue weighted by Gasteiger charge is 2.26. The third kappa shape index (κ3) is 3.87. The van der Waals surface area contributed by atoms with Crippen molar-refractivity contribution in [1.82, 2.24) is 9.88 Å². The summed E-state index contributed by atoms with van der Waals surface area (Å²) in [6, 6.07) is 14.5. The van der Waals surface area contributed by atoms with Gasteiger partial charge in [0.2, 0.25) is 5.91 Å². The van der Waals surface area contributed by atoms with Crippen molar-refractivity contribution < 1.29 is 9.53 Å². The second-order valence-electron chi connectivity index (χ2n) is 5.72. The van der Waals surface area contributed by atoms with Crippen LogP contribution in [0.2, 0.25) is 0 Å². The van der Waals surface area contributed by atoms with E-state index in [1.807, 2.05) is 36.4 Å². The zero-order valence-electron chi connectivity index (χ0n) is 12.9. The molecule has 1 aromatic heterocycles. The predicted molar refractivity (Wildman–Crippen MR) is 87.0 cm³/mol. The van der Waals surface area contributed by atoms with Crippen molar-refractivity contribution in [3.63, 3.8) is 0 Å². The Balaban J connectivity index is 1.80. The number of carbonyl (C=O) groups is 1. The fraction of sp³-hybridized carbons (Fsp3) is 0.333. The van der Waals surface area contributed by atoms with Crippen molar-refractivity contribution in [2.45, 2.75) is 19.0 Å². The summed E-state index contributed by atoms with van der Waals surface area (Å²) in [6.45, 7) is 1.51. The molecule has 0 bridgehead atoms. The third-order valence-electron chi connectivity index (χ3n) is 4.10. The first kappa shape index (κ1) is 15.5. The van der Waals surface area contributed by atoms with E-state index in [2.05, 4.69) is 5.32 Å². The number of hydrogen-bond acceptors (Lipinski definition) is 3. The topological polar surface area (TPSA) is 60.3 Å². The van der Waals surface area contributed by atoms with Gasteiger partial charge in [0.1, 0.15) is 0 Å². The van der Waals surface area contributed by atoms with Crippen LogP contribution in [-0.2, 0) is 16.1 Å². The number of pyridine rings is 1. The summed E-state index contributed by atoms with van der Waals surface area (Å²) in [5.41, 5.74) is 0.905. The molecule has 0 spiro atoms. The Bertz CT molecular complexity index is 705. The number of aromatic nitrogens is 1. The molecule has 5 heteroatoms. The normalized spacial score (nSPS) is 18.5. The van der Waals surface area contributed by atoms with Gasteiger partial charge in [0, 0.05) is 18.9 Å². The van der Waals surface area contributed by atoms with Crippen molar-refractivity contribution in [1.29, 1.82) is 0 Å². The fourth-order valence-corrected chi connectivity index (χ4v) is 2.76. The van der Waals surface area contributed by atoms with Gasteiger partial charge in [0.25, 0.3) is 5.56 Å². The fourth-order valence-electron chi connectivity index (χ4n) is 2.76. The highest BCUT2D eigenvalue weighted by molar-refractivity contribution is 5.79. The van der Waals surface area contributed by atoms with E-state index in [0.29, 0.717) is 19.8 Å². The number of carbonyl (C=O) groups excluding carboxylic acids is 1. The molecule has 2 aromatic rings. The van der Waals surface area contributed by atoms with Crippen LogP contribution in [0.3, 0.4) is 0 Å². The third-order valence-corrected chi connectivity index (χ3v) is 4.10. The van der Waals surface area contributed by atoms with Gasteiger partial charge in [-0.3, -0.25) is 9.59 Å². The van der Waals surface area contributed by atoms with Crippen LogP contribution in [0.25, 0.3) is 0 Å². The molecule has 1 aliphatic heterocycles. The smallest absolute Gasteiger partial charge is 0.250 e. The van der Waals surface area contributed by atoms with Gasteiger partial charge in [-0.05, 0) is 18.1 Å². The lowest BCUT2D eigenvalue weighted by Crippen LogP contribution is -2.37. The van der Waals surface area contributed by atoms with Crippen LogP contribution in [0, 0.1) is 5.92 Å². The van der Waals surface area contributed by atoms with E-state index in [9.17, 15) is 9.59 Å². The van der Waals surface area contributed by atoms with Gasteiger partial charge in [-0.25, -0.2) is 0 Å². The Morgan fingerprint density at radius 2 is 2.00 bits per heavy atom. The van der Waals surface area contributed by atoms with Crippen molar-refractivity contribution in [3.05, 3.63) is 70.6 Å². The molecule has 1 amide bonds. The van der Waals surface area contributed by atoms with Gasteiger partial charge < -0.3 is 14.6 Å². The lowest BCUT2D eigenvalue weighted by molar-refractivity contribution is -0.125. The molecular formula is C18H20N2O3. The van der Waals surface area contributed by atoms with Gasteiger partial charge in [-0.1, -0.05) is 36.4 Å². The monoisotopic (exact) mass is 312 g/mol. The second kappa shape index (κ2) is 7.24. The summed E-state index contributed by atoms with van der Waals surface area (Å²) in [6.07, 6.45) is 2.49. The number of rotatable bonds is 5. The average Bonchev–Trinajstić information content (AvgIpc) is 3.11. The maximum absolute atomic E-state index is 12.4. The van der Waals surface area contributed by atoms with Crippen molar-refractivity contribution in [3.8, 4) is 0 Å². The number of benzene rings is 1. The molecule has 0 unspecified atom stereocenters. The van der Waals surface area contributed by atoms with E-state index in [1.54, 1.807) is 16.8 Å². The highest BCUT2D eigenvalue weighted by atomic mass is 16.5. The summed E-state index contributed by atoms with van der Waals surface area (Å²) < 4.78 is 6.90. The van der Waals surface area contributed by atoms with Crippen LogP contribution in [-0.4, -0.2) is 23.7 Å². The molecule has 5 nitrogen and oxygen atoms in total. The van der Waals surface area contributed by atoms with Gasteiger partial charge in [-0.15, -0.1) is 0 Å². The molecule has 0 aliphatic carbocycles. The highest BCUT2D eigenvalue weighted by Crippen LogP contribution is 2.18. The SMILES string of the molecule is O=C(N[C@H](Cn1ccccc1=O)c1ccccc1)[C@@H]1CCOC1. The van der Waals surface area contributed by atoms with Gasteiger partial charge in [-0.2, -0.15) is 0 Å². The number of nitrogens with one attached hydrogen (secondary N) is 1. The molecule has 2 heterocycles. The molecular weight excluding hydrogens is 292 g/mol. The summed E-state index contributed by atoms with van der Waals surface area (Å²) >= 11 is 0. The Labute approximate surface area is 134 Å². The average molecular weight is 312 g/mol. The Morgan fingerprint density at radius 1 is 1.22 bits per heavy atom. The van der Waals surface area contributed by atoms with Crippen LogP contribution < -0.4 is 10.9 Å². The van der Waals surface area contributed by atoms with Crippen molar-refractivity contribution in [2.24, 2.45) is 5.92 Å².